The Balaban J connectivity index is 0.000000250. The summed E-state index contributed by atoms with van der Waals surface area (Å²) in [6.45, 7) is 1.41. The van der Waals surface area contributed by atoms with Crippen LogP contribution in [0.25, 0.3) is 0 Å². The third kappa shape index (κ3) is 2.43. The van der Waals surface area contributed by atoms with Gasteiger partial charge in [0, 0.05) is 48.7 Å². The van der Waals surface area contributed by atoms with Gasteiger partial charge in [-0.3, -0.25) is 0 Å². The maximum Gasteiger partial charge on any atom is 0.334 e. The largest absolute Gasteiger partial charge is 0.340 e. The summed E-state index contributed by atoms with van der Waals surface area (Å²) < 4.78 is 0. The van der Waals surface area contributed by atoms with Crippen LogP contribution in [0.2, 0.25) is 0 Å². The van der Waals surface area contributed by atoms with Gasteiger partial charge in [0.2, 0.25) is 0 Å². The molecular formula is C2H4CeO3. The third-order valence-electron chi connectivity index (χ3n) is 0.325. The first-order valence-electron chi connectivity index (χ1n) is 1.30. The monoisotopic (exact) mass is 216 g/mol. The van der Waals surface area contributed by atoms with Crippen LogP contribution in [0.15, 0.2) is 0 Å². The van der Waals surface area contributed by atoms with Gasteiger partial charge in [-0.05, 0) is 0 Å². The molecule has 0 bridgehead atoms. The molecule has 1 rings (SSSR count). The van der Waals surface area contributed by atoms with Gasteiger partial charge in [0.15, 0.2) is 0 Å². The number of rotatable bonds is 0. The van der Waals surface area contributed by atoms with Crippen molar-refractivity contribution in [3.8, 4) is 0 Å². The molecule has 0 aromatic heterocycles. The summed E-state index contributed by atoms with van der Waals surface area (Å²) in [5.74, 6) is -1.25. The van der Waals surface area contributed by atoms with Crippen molar-refractivity contribution in [2.45, 2.75) is 12.9 Å². The Morgan fingerprint density at radius 3 is 1.67 bits per heavy atom. The van der Waals surface area contributed by atoms with Gasteiger partial charge in [-0.1, -0.05) is 0 Å². The van der Waals surface area contributed by atoms with Crippen molar-refractivity contribution < 1.29 is 56.6 Å². The van der Waals surface area contributed by atoms with Crippen LogP contribution in [-0.2, 0) is 9.78 Å². The molecule has 4 heteroatoms. The van der Waals surface area contributed by atoms with E-state index in [0.717, 1.165) is 0 Å². The number of hydrogen-bond donors (Lipinski definition) is 1. The molecule has 34 valence electrons. The van der Waals surface area contributed by atoms with Crippen LogP contribution in [0.4, 0.5) is 0 Å². The molecule has 6 heavy (non-hydrogen) atoms. The van der Waals surface area contributed by atoms with Crippen molar-refractivity contribution in [2.24, 2.45) is 0 Å². The quantitative estimate of drug-likeness (QED) is 0.443. The smallest absolute Gasteiger partial charge is 0.334 e. The van der Waals surface area contributed by atoms with Gasteiger partial charge in [-0.15, -0.1) is 0 Å². The Hall–Kier alpha value is 1.26. The van der Waals surface area contributed by atoms with Crippen molar-refractivity contribution in [2.75, 3.05) is 0 Å². The zero-order valence-electron chi connectivity index (χ0n) is 3.26. The second-order valence-corrected chi connectivity index (χ2v) is 1.06. The van der Waals surface area contributed by atoms with E-state index >= 15 is 0 Å². The predicted octanol–water partition coefficient (Wildman–Crippen LogP) is -0.386. The predicted molar refractivity (Wildman–Crippen MR) is 12.8 cm³/mol. The van der Waals surface area contributed by atoms with Crippen LogP contribution in [0, 0.1) is 41.7 Å². The third-order valence-corrected chi connectivity index (χ3v) is 0.325. The number of hydrogen-bond acceptors (Lipinski definition) is 3. The zero-order valence-corrected chi connectivity index (χ0v) is 6.40. The van der Waals surface area contributed by atoms with Gasteiger partial charge in [-0.2, -0.15) is 9.78 Å². The summed E-state index contributed by atoms with van der Waals surface area (Å²) in [5, 5.41) is 8.19. The fourth-order valence-electron chi connectivity index (χ4n) is 0.0603. The second kappa shape index (κ2) is 2.02. The average molecular weight is 216 g/mol. The van der Waals surface area contributed by atoms with E-state index < -0.39 is 5.97 Å². The fourth-order valence-corrected chi connectivity index (χ4v) is 0.0603. The standard InChI is InChI=1S/C2H4O3.Ce/c1-2(3)4-5-2;/h3H,1H3;. The molecule has 0 amide bonds. The van der Waals surface area contributed by atoms with Crippen molar-refractivity contribution >= 4 is 0 Å². The molecule has 0 saturated carbocycles. The van der Waals surface area contributed by atoms with Gasteiger partial charge < -0.3 is 5.11 Å². The molecule has 1 saturated heterocycles. The first kappa shape index (κ1) is 7.26. The van der Waals surface area contributed by atoms with E-state index in [1.54, 1.807) is 0 Å². The SMILES string of the molecule is CC1(O)OO1.[Ce]. The minimum Gasteiger partial charge on any atom is -0.340 e. The first-order chi connectivity index (χ1) is 2.21. The minimum atomic E-state index is -1.25. The van der Waals surface area contributed by atoms with E-state index in [4.69, 9.17) is 5.11 Å². The molecule has 1 N–H and O–H groups in total. The molecule has 0 aromatic rings. The normalized spacial score (nSPS) is 25.0. The first-order valence-corrected chi connectivity index (χ1v) is 1.30. The molecule has 0 aromatic carbocycles. The summed E-state index contributed by atoms with van der Waals surface area (Å²) in [6, 6.07) is 0. The van der Waals surface area contributed by atoms with Gasteiger partial charge >= 0.3 is 5.97 Å². The average Bonchev–Trinajstić information content (AvgIpc) is 1.76. The van der Waals surface area contributed by atoms with Crippen LogP contribution in [0.5, 0.6) is 0 Å². The Bertz CT molecular complexity index is 46.8. The van der Waals surface area contributed by atoms with Crippen molar-refractivity contribution in [1.29, 1.82) is 0 Å². The van der Waals surface area contributed by atoms with E-state index in [1.807, 2.05) is 0 Å². The summed E-state index contributed by atoms with van der Waals surface area (Å²) in [4.78, 5) is 7.90. The van der Waals surface area contributed by atoms with Crippen molar-refractivity contribution in [1.82, 2.24) is 0 Å². The van der Waals surface area contributed by atoms with Crippen LogP contribution >= 0.6 is 0 Å². The molecule has 1 heterocycles. The Morgan fingerprint density at radius 1 is 1.50 bits per heavy atom. The Kier molecular flexibility index (Phi) is 2.44. The molecule has 0 atom stereocenters. The second-order valence-electron chi connectivity index (χ2n) is 1.06. The molecule has 1 aliphatic heterocycles. The summed E-state index contributed by atoms with van der Waals surface area (Å²) >= 11 is 0. The zero-order chi connectivity index (χ0) is 3.91. The molecule has 0 spiro atoms. The maximum atomic E-state index is 8.19. The van der Waals surface area contributed by atoms with E-state index in [2.05, 4.69) is 9.78 Å². The van der Waals surface area contributed by atoms with Gasteiger partial charge in [0.05, 0.1) is 0 Å². The summed E-state index contributed by atoms with van der Waals surface area (Å²) in [6.07, 6.45) is 0. The molecule has 1 fully saturated rings. The Morgan fingerprint density at radius 2 is 1.67 bits per heavy atom. The van der Waals surface area contributed by atoms with E-state index in [1.165, 1.54) is 6.92 Å². The summed E-state index contributed by atoms with van der Waals surface area (Å²) in [7, 11) is 0. The topological polar surface area (TPSA) is 45.3 Å². The Labute approximate surface area is 68.9 Å². The fraction of sp³-hybridized carbons (Fsp3) is 1.00. The van der Waals surface area contributed by atoms with E-state index in [0.29, 0.717) is 0 Å². The van der Waals surface area contributed by atoms with E-state index in [9.17, 15) is 0 Å². The molecule has 0 radical (unpaired) electrons. The van der Waals surface area contributed by atoms with Gasteiger partial charge in [-0.25, -0.2) is 0 Å². The minimum absolute atomic E-state index is 0. The van der Waals surface area contributed by atoms with Gasteiger partial charge in [0.1, 0.15) is 0 Å². The van der Waals surface area contributed by atoms with Crippen LogP contribution < -0.4 is 0 Å². The molecule has 1 aliphatic rings. The van der Waals surface area contributed by atoms with Crippen LogP contribution in [0.3, 0.4) is 0 Å². The van der Waals surface area contributed by atoms with Gasteiger partial charge in [0.25, 0.3) is 0 Å². The summed E-state index contributed by atoms with van der Waals surface area (Å²) in [5.41, 5.74) is 0. The van der Waals surface area contributed by atoms with Crippen LogP contribution in [-0.4, -0.2) is 11.1 Å². The number of aliphatic hydroxyl groups is 1. The van der Waals surface area contributed by atoms with Crippen molar-refractivity contribution in [3.05, 3.63) is 0 Å². The van der Waals surface area contributed by atoms with Crippen LogP contribution in [0.1, 0.15) is 6.92 Å². The van der Waals surface area contributed by atoms with E-state index in [-0.39, 0.29) is 41.7 Å². The molecule has 0 unspecified atom stereocenters. The molecule has 0 aliphatic carbocycles. The molecule has 3 nitrogen and oxygen atoms in total. The van der Waals surface area contributed by atoms with Crippen molar-refractivity contribution in [3.63, 3.8) is 0 Å². The maximum absolute atomic E-state index is 8.19. The molecular weight excluding hydrogens is 212 g/mol.